The predicted octanol–water partition coefficient (Wildman–Crippen LogP) is 3.71. The summed E-state index contributed by atoms with van der Waals surface area (Å²) in [6.45, 7) is 0. The van der Waals surface area contributed by atoms with Gasteiger partial charge in [0.15, 0.2) is 0 Å². The van der Waals surface area contributed by atoms with Gasteiger partial charge >= 0.3 is 0 Å². The molecule has 0 saturated carbocycles. The van der Waals surface area contributed by atoms with Crippen LogP contribution < -0.4 is 0 Å². The van der Waals surface area contributed by atoms with E-state index in [1.807, 2.05) is 48.5 Å². The van der Waals surface area contributed by atoms with Crippen LogP contribution in [0.1, 0.15) is 20.7 Å². The fraction of sp³-hybridized carbons (Fsp3) is 0. The molecule has 0 bridgehead atoms. The molecule has 0 radical (unpaired) electrons. The summed E-state index contributed by atoms with van der Waals surface area (Å²) in [6, 6.07) is 25.3. The number of hydrogen-bond acceptors (Lipinski definition) is 6. The van der Waals surface area contributed by atoms with E-state index in [9.17, 15) is 9.59 Å². The van der Waals surface area contributed by atoms with Crippen LogP contribution in [0.3, 0.4) is 0 Å². The van der Waals surface area contributed by atoms with Crippen molar-refractivity contribution in [3.8, 4) is 0 Å². The molecule has 0 amide bonds. The fourth-order valence-electron chi connectivity index (χ4n) is 3.79. The van der Waals surface area contributed by atoms with Crippen LogP contribution in [0.2, 0.25) is 0 Å². The molecule has 4 aromatic carbocycles. The SMILES string of the molecule is O=C(c1ccc2cc(C(=O)n3nnc4ccccc43)ccc2c1)n1nnc2ccccc21. The molecular weight excluding hydrogens is 404 g/mol. The first kappa shape index (κ1) is 18.1. The van der Waals surface area contributed by atoms with Gasteiger partial charge in [0, 0.05) is 11.1 Å². The van der Waals surface area contributed by atoms with Gasteiger partial charge in [0.05, 0.1) is 11.0 Å². The Morgan fingerprint density at radius 1 is 0.562 bits per heavy atom. The van der Waals surface area contributed by atoms with Gasteiger partial charge in [-0.25, -0.2) is 0 Å². The number of aromatic nitrogens is 6. The van der Waals surface area contributed by atoms with Gasteiger partial charge in [-0.15, -0.1) is 10.2 Å². The van der Waals surface area contributed by atoms with Gasteiger partial charge < -0.3 is 0 Å². The summed E-state index contributed by atoms with van der Waals surface area (Å²) in [5.74, 6) is -0.537. The second kappa shape index (κ2) is 6.92. The van der Waals surface area contributed by atoms with E-state index in [-0.39, 0.29) is 11.8 Å². The molecule has 0 aliphatic rings. The predicted molar refractivity (Wildman–Crippen MR) is 118 cm³/mol. The fourth-order valence-corrected chi connectivity index (χ4v) is 3.79. The third kappa shape index (κ3) is 2.78. The monoisotopic (exact) mass is 418 g/mol. The van der Waals surface area contributed by atoms with Crippen molar-refractivity contribution in [3.63, 3.8) is 0 Å². The summed E-state index contributed by atoms with van der Waals surface area (Å²) in [4.78, 5) is 26.0. The third-order valence-electron chi connectivity index (χ3n) is 5.42. The Labute approximate surface area is 180 Å². The minimum atomic E-state index is -0.269. The summed E-state index contributed by atoms with van der Waals surface area (Å²) in [7, 11) is 0. The molecule has 0 saturated heterocycles. The largest absolute Gasteiger partial charge is 0.280 e. The number of fused-ring (bicyclic) bond motifs is 3. The van der Waals surface area contributed by atoms with Crippen molar-refractivity contribution >= 4 is 44.7 Å². The van der Waals surface area contributed by atoms with Crippen LogP contribution in [-0.2, 0) is 0 Å². The molecule has 152 valence electrons. The van der Waals surface area contributed by atoms with Gasteiger partial charge in [-0.1, -0.05) is 46.8 Å². The maximum absolute atomic E-state index is 13.0. The molecule has 0 unspecified atom stereocenters. The van der Waals surface area contributed by atoms with Crippen LogP contribution in [0.5, 0.6) is 0 Å². The topological polar surface area (TPSA) is 95.6 Å². The van der Waals surface area contributed by atoms with E-state index in [0.717, 1.165) is 10.8 Å². The third-order valence-corrected chi connectivity index (χ3v) is 5.42. The number of para-hydroxylation sites is 2. The van der Waals surface area contributed by atoms with E-state index in [0.29, 0.717) is 33.2 Å². The lowest BCUT2D eigenvalue weighted by atomic mass is 10.0. The summed E-state index contributed by atoms with van der Waals surface area (Å²) >= 11 is 0. The van der Waals surface area contributed by atoms with Crippen LogP contribution in [0.25, 0.3) is 32.8 Å². The van der Waals surface area contributed by atoms with Crippen molar-refractivity contribution in [2.75, 3.05) is 0 Å². The smallest absolute Gasteiger partial charge is 0.267 e. The van der Waals surface area contributed by atoms with Crippen molar-refractivity contribution in [2.24, 2.45) is 0 Å². The Morgan fingerprint density at radius 3 is 1.47 bits per heavy atom. The molecule has 0 N–H and O–H groups in total. The zero-order valence-electron chi connectivity index (χ0n) is 16.6. The Morgan fingerprint density at radius 2 is 1.00 bits per heavy atom. The minimum Gasteiger partial charge on any atom is -0.267 e. The molecule has 0 aliphatic carbocycles. The molecule has 8 heteroatoms. The lowest BCUT2D eigenvalue weighted by molar-refractivity contribution is 0.0940. The quantitative estimate of drug-likeness (QED) is 0.425. The van der Waals surface area contributed by atoms with Crippen molar-refractivity contribution in [1.29, 1.82) is 0 Å². The van der Waals surface area contributed by atoms with E-state index in [1.165, 1.54) is 9.36 Å². The summed E-state index contributed by atoms with van der Waals surface area (Å²) in [5.41, 5.74) is 3.58. The second-order valence-electron chi connectivity index (χ2n) is 7.37. The molecule has 2 heterocycles. The molecule has 32 heavy (non-hydrogen) atoms. The maximum atomic E-state index is 13.0. The Kier molecular flexibility index (Phi) is 3.91. The molecule has 0 atom stereocenters. The van der Waals surface area contributed by atoms with Gasteiger partial charge in [0.2, 0.25) is 0 Å². The Hall–Kier alpha value is -4.72. The van der Waals surface area contributed by atoms with Crippen molar-refractivity contribution in [3.05, 3.63) is 96.1 Å². The average molecular weight is 418 g/mol. The molecule has 0 spiro atoms. The highest BCUT2D eigenvalue weighted by molar-refractivity contribution is 6.05. The number of benzene rings is 4. The van der Waals surface area contributed by atoms with Gasteiger partial charge in [-0.2, -0.15) is 9.36 Å². The zero-order valence-corrected chi connectivity index (χ0v) is 16.6. The number of carbonyl (C=O) groups excluding carboxylic acids is 2. The molecule has 2 aromatic heterocycles. The minimum absolute atomic E-state index is 0.269. The first-order valence-corrected chi connectivity index (χ1v) is 9.93. The van der Waals surface area contributed by atoms with E-state index in [2.05, 4.69) is 20.6 Å². The van der Waals surface area contributed by atoms with Crippen LogP contribution in [0.15, 0.2) is 84.9 Å². The lowest BCUT2D eigenvalue weighted by Gasteiger charge is -2.06. The van der Waals surface area contributed by atoms with Crippen molar-refractivity contribution in [1.82, 2.24) is 30.0 Å². The highest BCUT2D eigenvalue weighted by atomic mass is 16.2. The maximum Gasteiger partial charge on any atom is 0.280 e. The second-order valence-corrected chi connectivity index (χ2v) is 7.37. The van der Waals surface area contributed by atoms with Crippen LogP contribution >= 0.6 is 0 Å². The average Bonchev–Trinajstić information content (AvgIpc) is 3.47. The lowest BCUT2D eigenvalue weighted by Crippen LogP contribution is -2.14. The molecule has 0 fully saturated rings. The first-order chi connectivity index (χ1) is 15.7. The van der Waals surface area contributed by atoms with E-state index in [4.69, 9.17) is 0 Å². The Bertz CT molecular complexity index is 1560. The standard InChI is InChI=1S/C24H14N6O2/c31-23(29-21-7-3-1-5-19(21)25-27-29)17-11-9-16-14-18(12-10-15(16)13-17)24(32)30-22-8-4-2-6-20(22)26-28-30/h1-14H. The van der Waals surface area contributed by atoms with Gasteiger partial charge in [-0.05, 0) is 59.3 Å². The van der Waals surface area contributed by atoms with Crippen LogP contribution in [0.4, 0.5) is 0 Å². The van der Waals surface area contributed by atoms with Crippen LogP contribution in [0, 0.1) is 0 Å². The van der Waals surface area contributed by atoms with Gasteiger partial charge in [0.1, 0.15) is 11.0 Å². The molecular formula is C24H14N6O2. The molecule has 6 rings (SSSR count). The van der Waals surface area contributed by atoms with Crippen molar-refractivity contribution in [2.45, 2.75) is 0 Å². The van der Waals surface area contributed by atoms with E-state index >= 15 is 0 Å². The number of hydrogen-bond donors (Lipinski definition) is 0. The summed E-state index contributed by atoms with van der Waals surface area (Å²) < 4.78 is 2.59. The van der Waals surface area contributed by atoms with E-state index in [1.54, 1.807) is 36.4 Å². The van der Waals surface area contributed by atoms with Gasteiger partial charge in [0.25, 0.3) is 11.8 Å². The van der Waals surface area contributed by atoms with Crippen molar-refractivity contribution < 1.29 is 9.59 Å². The van der Waals surface area contributed by atoms with Gasteiger partial charge in [-0.3, -0.25) is 9.59 Å². The Balaban J connectivity index is 1.37. The number of nitrogens with zero attached hydrogens (tertiary/aromatic N) is 6. The molecule has 0 aliphatic heterocycles. The van der Waals surface area contributed by atoms with E-state index < -0.39 is 0 Å². The summed E-state index contributed by atoms with van der Waals surface area (Å²) in [6.07, 6.45) is 0. The normalized spacial score (nSPS) is 11.4. The highest BCUT2D eigenvalue weighted by Gasteiger charge is 2.17. The molecule has 6 aromatic rings. The highest BCUT2D eigenvalue weighted by Crippen LogP contribution is 2.21. The number of rotatable bonds is 2. The number of carbonyl (C=O) groups is 2. The molecule has 8 nitrogen and oxygen atoms in total. The zero-order chi connectivity index (χ0) is 21.7. The van der Waals surface area contributed by atoms with Crippen LogP contribution in [-0.4, -0.2) is 41.8 Å². The summed E-state index contributed by atoms with van der Waals surface area (Å²) in [5, 5.41) is 17.8. The first-order valence-electron chi connectivity index (χ1n) is 9.93.